The van der Waals surface area contributed by atoms with Crippen LogP contribution in [0.15, 0.2) is 35.6 Å². The van der Waals surface area contributed by atoms with Crippen molar-refractivity contribution in [3.63, 3.8) is 0 Å². The Morgan fingerprint density at radius 2 is 2.33 bits per heavy atom. The molecule has 0 bridgehead atoms. The molecule has 1 aromatic carbocycles. The van der Waals surface area contributed by atoms with Gasteiger partial charge in [-0.3, -0.25) is 0 Å². The number of nitrogens with two attached hydrogens (primary N) is 1. The van der Waals surface area contributed by atoms with Crippen LogP contribution in [0, 0.1) is 0 Å². The van der Waals surface area contributed by atoms with E-state index >= 15 is 0 Å². The first kappa shape index (κ1) is 10.7. The van der Waals surface area contributed by atoms with Gasteiger partial charge < -0.3 is 10.5 Å². The van der Waals surface area contributed by atoms with E-state index in [1.807, 2.05) is 31.2 Å². The van der Waals surface area contributed by atoms with Crippen LogP contribution < -0.4 is 5.73 Å². The minimum absolute atomic E-state index is 0.227. The van der Waals surface area contributed by atoms with Crippen molar-refractivity contribution in [2.24, 2.45) is 10.7 Å². The number of amidine groups is 1. The summed E-state index contributed by atoms with van der Waals surface area (Å²) in [6.45, 7) is 2.42. The minimum atomic E-state index is -0.450. The lowest BCUT2D eigenvalue weighted by atomic mass is 9.94. The molecule has 0 fully saturated rings. The molecule has 1 aliphatic heterocycles. The summed E-state index contributed by atoms with van der Waals surface area (Å²) >= 11 is 0. The highest BCUT2D eigenvalue weighted by atomic mass is 16.5. The number of benzene rings is 1. The SMILES string of the molecule is CC1(c2cccc(-n3cnnn3)c2)COC(N)=N1. The molecule has 18 heavy (non-hydrogen) atoms. The van der Waals surface area contributed by atoms with Gasteiger partial charge in [-0.25, -0.2) is 9.67 Å². The van der Waals surface area contributed by atoms with E-state index in [1.54, 1.807) is 11.0 Å². The molecule has 1 atom stereocenters. The maximum atomic E-state index is 5.57. The van der Waals surface area contributed by atoms with E-state index in [2.05, 4.69) is 20.5 Å². The highest BCUT2D eigenvalue weighted by Gasteiger charge is 2.33. The second kappa shape index (κ2) is 3.80. The Morgan fingerprint density at radius 1 is 1.44 bits per heavy atom. The van der Waals surface area contributed by atoms with Gasteiger partial charge in [-0.15, -0.1) is 5.10 Å². The summed E-state index contributed by atoms with van der Waals surface area (Å²) in [5, 5.41) is 11.1. The Morgan fingerprint density at radius 3 is 3.00 bits per heavy atom. The van der Waals surface area contributed by atoms with Crippen LogP contribution in [0.4, 0.5) is 0 Å². The summed E-state index contributed by atoms with van der Waals surface area (Å²) in [5.41, 5.74) is 7.00. The summed E-state index contributed by atoms with van der Waals surface area (Å²) in [4.78, 5) is 4.32. The van der Waals surface area contributed by atoms with Gasteiger partial charge in [-0.2, -0.15) is 0 Å². The summed E-state index contributed by atoms with van der Waals surface area (Å²) in [6, 6.07) is 8.04. The van der Waals surface area contributed by atoms with Crippen LogP contribution in [0.2, 0.25) is 0 Å². The second-order valence-corrected chi connectivity index (χ2v) is 4.32. The molecule has 2 N–H and O–H groups in total. The van der Waals surface area contributed by atoms with Crippen molar-refractivity contribution < 1.29 is 4.74 Å². The standard InChI is InChI=1S/C11H12N6O/c1-11(6-18-10(12)14-11)8-3-2-4-9(5-8)17-7-13-15-16-17/h2-5,7H,6H2,1H3,(H2,12,14). The average Bonchev–Trinajstić information content (AvgIpc) is 3.00. The van der Waals surface area contributed by atoms with Crippen molar-refractivity contribution in [3.8, 4) is 5.69 Å². The molecule has 0 aliphatic carbocycles. The maximum Gasteiger partial charge on any atom is 0.283 e. The summed E-state index contributed by atoms with van der Waals surface area (Å²) < 4.78 is 6.83. The van der Waals surface area contributed by atoms with Crippen LogP contribution in [-0.2, 0) is 10.3 Å². The van der Waals surface area contributed by atoms with Crippen molar-refractivity contribution >= 4 is 6.02 Å². The van der Waals surface area contributed by atoms with Crippen molar-refractivity contribution in [1.29, 1.82) is 0 Å². The predicted molar refractivity (Wildman–Crippen MR) is 64.1 cm³/mol. The Labute approximate surface area is 103 Å². The molecular formula is C11H12N6O. The van der Waals surface area contributed by atoms with Crippen LogP contribution in [0.5, 0.6) is 0 Å². The van der Waals surface area contributed by atoms with E-state index in [-0.39, 0.29) is 6.02 Å². The quantitative estimate of drug-likeness (QED) is 0.816. The molecule has 0 amide bonds. The molecule has 0 spiro atoms. The van der Waals surface area contributed by atoms with Gasteiger partial charge in [0.1, 0.15) is 18.5 Å². The average molecular weight is 244 g/mol. The Bertz CT molecular complexity index is 593. The number of ether oxygens (including phenoxy) is 1. The number of rotatable bonds is 2. The molecule has 1 unspecified atom stereocenters. The lowest BCUT2D eigenvalue weighted by Gasteiger charge is -2.19. The number of aromatic nitrogens is 4. The van der Waals surface area contributed by atoms with E-state index in [0.717, 1.165) is 11.3 Å². The molecular weight excluding hydrogens is 232 g/mol. The lowest BCUT2D eigenvalue weighted by molar-refractivity contribution is 0.266. The van der Waals surface area contributed by atoms with Gasteiger partial charge in [-0.1, -0.05) is 12.1 Å². The van der Waals surface area contributed by atoms with Gasteiger partial charge in [0.2, 0.25) is 0 Å². The highest BCUT2D eigenvalue weighted by molar-refractivity contribution is 5.74. The monoisotopic (exact) mass is 244 g/mol. The molecule has 0 saturated heterocycles. The van der Waals surface area contributed by atoms with Crippen molar-refractivity contribution in [3.05, 3.63) is 36.2 Å². The van der Waals surface area contributed by atoms with Gasteiger partial charge in [0.15, 0.2) is 0 Å². The zero-order chi connectivity index (χ0) is 12.6. The van der Waals surface area contributed by atoms with Gasteiger partial charge >= 0.3 is 0 Å². The van der Waals surface area contributed by atoms with Gasteiger partial charge in [0.25, 0.3) is 6.02 Å². The summed E-state index contributed by atoms with van der Waals surface area (Å²) in [5.74, 6) is 0. The first-order valence-corrected chi connectivity index (χ1v) is 5.49. The fourth-order valence-corrected chi connectivity index (χ4v) is 1.93. The number of tetrazole rings is 1. The first-order chi connectivity index (χ1) is 8.67. The fraction of sp³-hybridized carbons (Fsp3) is 0.273. The predicted octanol–water partition coefficient (Wildman–Crippen LogP) is 0.222. The largest absolute Gasteiger partial charge is 0.462 e. The Hall–Kier alpha value is -2.44. The molecule has 7 heteroatoms. The third kappa shape index (κ3) is 1.69. The maximum absolute atomic E-state index is 5.57. The summed E-state index contributed by atoms with van der Waals surface area (Å²) in [7, 11) is 0. The Balaban J connectivity index is 2.02. The minimum Gasteiger partial charge on any atom is -0.462 e. The molecule has 0 saturated carbocycles. The zero-order valence-corrected chi connectivity index (χ0v) is 9.82. The van der Waals surface area contributed by atoms with E-state index < -0.39 is 5.54 Å². The Kier molecular flexibility index (Phi) is 2.26. The number of hydrogen-bond acceptors (Lipinski definition) is 6. The molecule has 1 aliphatic rings. The topological polar surface area (TPSA) is 91.2 Å². The lowest BCUT2D eigenvalue weighted by Crippen LogP contribution is -2.21. The summed E-state index contributed by atoms with van der Waals surface area (Å²) in [6.07, 6.45) is 1.55. The third-order valence-corrected chi connectivity index (χ3v) is 2.94. The molecule has 2 heterocycles. The van der Waals surface area contributed by atoms with Crippen LogP contribution in [0.25, 0.3) is 5.69 Å². The molecule has 7 nitrogen and oxygen atoms in total. The van der Waals surface area contributed by atoms with Crippen LogP contribution in [-0.4, -0.2) is 32.8 Å². The second-order valence-electron chi connectivity index (χ2n) is 4.32. The third-order valence-electron chi connectivity index (χ3n) is 2.94. The van der Waals surface area contributed by atoms with E-state index in [1.165, 1.54) is 0 Å². The van der Waals surface area contributed by atoms with Gasteiger partial charge in [0.05, 0.1) is 5.69 Å². The van der Waals surface area contributed by atoms with Crippen LogP contribution in [0.3, 0.4) is 0 Å². The highest BCUT2D eigenvalue weighted by Crippen LogP contribution is 2.30. The van der Waals surface area contributed by atoms with E-state index in [0.29, 0.717) is 6.61 Å². The van der Waals surface area contributed by atoms with Gasteiger partial charge in [-0.05, 0) is 35.0 Å². The number of nitrogens with zero attached hydrogens (tertiary/aromatic N) is 5. The van der Waals surface area contributed by atoms with Crippen molar-refractivity contribution in [2.75, 3.05) is 6.61 Å². The molecule has 0 radical (unpaired) electrons. The van der Waals surface area contributed by atoms with Crippen LogP contribution in [0.1, 0.15) is 12.5 Å². The first-order valence-electron chi connectivity index (χ1n) is 5.49. The van der Waals surface area contributed by atoms with Gasteiger partial charge in [0, 0.05) is 0 Å². The van der Waals surface area contributed by atoms with Crippen molar-refractivity contribution in [2.45, 2.75) is 12.5 Å². The fourth-order valence-electron chi connectivity index (χ4n) is 1.93. The molecule has 2 aromatic rings. The zero-order valence-electron chi connectivity index (χ0n) is 9.82. The smallest absolute Gasteiger partial charge is 0.283 e. The molecule has 1 aromatic heterocycles. The number of hydrogen-bond donors (Lipinski definition) is 1. The van der Waals surface area contributed by atoms with Crippen molar-refractivity contribution in [1.82, 2.24) is 20.2 Å². The molecule has 3 rings (SSSR count). The van der Waals surface area contributed by atoms with E-state index in [9.17, 15) is 0 Å². The number of aliphatic imine (C=N–C) groups is 1. The van der Waals surface area contributed by atoms with Crippen LogP contribution >= 0.6 is 0 Å². The van der Waals surface area contributed by atoms with E-state index in [4.69, 9.17) is 10.5 Å². The normalized spacial score (nSPS) is 22.6. The molecule has 92 valence electrons.